The van der Waals surface area contributed by atoms with Gasteiger partial charge in [0.1, 0.15) is 5.82 Å². The van der Waals surface area contributed by atoms with Crippen molar-refractivity contribution < 1.29 is 19.1 Å². The van der Waals surface area contributed by atoms with E-state index in [0.29, 0.717) is 5.82 Å². The lowest BCUT2D eigenvalue weighted by Crippen LogP contribution is -2.69. The lowest BCUT2D eigenvalue weighted by atomic mass is 9.82. The van der Waals surface area contributed by atoms with E-state index < -0.39 is 29.9 Å². The van der Waals surface area contributed by atoms with Crippen LogP contribution in [-0.4, -0.2) is 40.4 Å². The number of likely N-dealkylation sites (tertiary alicyclic amines) is 1. The van der Waals surface area contributed by atoms with E-state index in [1.165, 1.54) is 0 Å². The van der Waals surface area contributed by atoms with Crippen LogP contribution in [0.1, 0.15) is 31.0 Å². The minimum absolute atomic E-state index is 0.161. The van der Waals surface area contributed by atoms with Gasteiger partial charge in [0.2, 0.25) is 5.91 Å². The fraction of sp³-hybridized carbons (Fsp3) is 0.333. The maximum atomic E-state index is 12.7. The van der Waals surface area contributed by atoms with Gasteiger partial charge in [-0.05, 0) is 43.5 Å². The van der Waals surface area contributed by atoms with Crippen LogP contribution in [-0.2, 0) is 20.7 Å². The lowest BCUT2D eigenvalue weighted by molar-refractivity contribution is -0.169. The van der Waals surface area contributed by atoms with Gasteiger partial charge in [0, 0.05) is 6.20 Å². The van der Waals surface area contributed by atoms with Crippen molar-refractivity contribution in [2.24, 2.45) is 5.92 Å². The number of nitrogens with one attached hydrogen (secondary N) is 1. The van der Waals surface area contributed by atoms with Crippen molar-refractivity contribution in [2.45, 2.75) is 32.4 Å². The van der Waals surface area contributed by atoms with E-state index in [9.17, 15) is 14.4 Å². The number of rotatable bonds is 6. The largest absolute Gasteiger partial charge is 0.464 e. The number of carbonyl (C=O) groups excluding carboxylic acids is 3. The van der Waals surface area contributed by atoms with E-state index in [4.69, 9.17) is 10.5 Å². The summed E-state index contributed by atoms with van der Waals surface area (Å²) < 4.78 is 5.11. The molecule has 2 aromatic rings. The first-order chi connectivity index (χ1) is 13.9. The standard InChI is InChI=1S/C21H24N4O4/c1-3-29-20(27)18-16(11-14-9-10-23-17(22)12-14)19(26)25(18)21(28)24-13(2)15-7-5-4-6-8-15/h4-10,12-13,16,18H,3,11H2,1-2H3,(H2,22,23)(H,24,28)/t13-,16-,18+/m1/s1. The molecule has 2 heterocycles. The molecule has 1 aromatic carbocycles. The average molecular weight is 396 g/mol. The molecule has 8 nitrogen and oxygen atoms in total. The normalized spacial score (nSPS) is 19.2. The number of imide groups is 1. The van der Waals surface area contributed by atoms with Crippen LogP contribution in [0, 0.1) is 5.92 Å². The smallest absolute Gasteiger partial charge is 0.330 e. The summed E-state index contributed by atoms with van der Waals surface area (Å²) in [5.41, 5.74) is 7.35. The van der Waals surface area contributed by atoms with Gasteiger partial charge < -0.3 is 15.8 Å². The highest BCUT2D eigenvalue weighted by Crippen LogP contribution is 2.32. The Labute approximate surface area is 169 Å². The molecule has 0 saturated carbocycles. The summed E-state index contributed by atoms with van der Waals surface area (Å²) in [7, 11) is 0. The van der Waals surface area contributed by atoms with Crippen LogP contribution in [0.15, 0.2) is 48.7 Å². The van der Waals surface area contributed by atoms with Crippen LogP contribution < -0.4 is 11.1 Å². The number of urea groups is 1. The van der Waals surface area contributed by atoms with Crippen LogP contribution in [0.4, 0.5) is 10.6 Å². The molecule has 1 aromatic heterocycles. The Morgan fingerprint density at radius 1 is 1.28 bits per heavy atom. The monoisotopic (exact) mass is 396 g/mol. The number of carbonyl (C=O) groups is 3. The highest BCUT2D eigenvalue weighted by atomic mass is 16.5. The number of ether oxygens (including phenoxy) is 1. The van der Waals surface area contributed by atoms with Crippen molar-refractivity contribution in [3.63, 3.8) is 0 Å². The van der Waals surface area contributed by atoms with Crippen molar-refractivity contribution in [1.82, 2.24) is 15.2 Å². The summed E-state index contributed by atoms with van der Waals surface area (Å²) in [6.45, 7) is 3.65. The van der Waals surface area contributed by atoms with E-state index in [1.54, 1.807) is 25.3 Å². The Morgan fingerprint density at radius 2 is 2.00 bits per heavy atom. The highest BCUT2D eigenvalue weighted by Gasteiger charge is 2.55. The molecule has 0 aliphatic carbocycles. The summed E-state index contributed by atoms with van der Waals surface area (Å²) in [5, 5.41) is 2.78. The molecule has 0 bridgehead atoms. The third-order valence-corrected chi connectivity index (χ3v) is 4.90. The first-order valence-corrected chi connectivity index (χ1v) is 9.48. The Balaban J connectivity index is 1.75. The summed E-state index contributed by atoms with van der Waals surface area (Å²) in [6, 6.07) is 10.8. The van der Waals surface area contributed by atoms with Crippen molar-refractivity contribution in [1.29, 1.82) is 0 Å². The van der Waals surface area contributed by atoms with Gasteiger partial charge in [0.15, 0.2) is 6.04 Å². The van der Waals surface area contributed by atoms with Crippen LogP contribution in [0.25, 0.3) is 0 Å². The Morgan fingerprint density at radius 3 is 2.66 bits per heavy atom. The van der Waals surface area contributed by atoms with E-state index in [1.807, 2.05) is 37.3 Å². The molecule has 3 N–H and O–H groups in total. The number of hydrogen-bond acceptors (Lipinski definition) is 6. The Bertz CT molecular complexity index is 903. The van der Waals surface area contributed by atoms with Crippen LogP contribution in [0.2, 0.25) is 0 Å². The summed E-state index contributed by atoms with van der Waals surface area (Å²) in [4.78, 5) is 42.8. The second kappa shape index (κ2) is 8.72. The van der Waals surface area contributed by atoms with Crippen molar-refractivity contribution in [2.75, 3.05) is 12.3 Å². The number of β-lactam (4-membered cyclic amide) rings is 1. The first-order valence-electron chi connectivity index (χ1n) is 9.48. The Kier molecular flexibility index (Phi) is 6.11. The van der Waals surface area contributed by atoms with Gasteiger partial charge in [0.25, 0.3) is 0 Å². The molecule has 3 atom stereocenters. The quantitative estimate of drug-likeness (QED) is 0.571. The Hall–Kier alpha value is -3.42. The number of nitrogens with two attached hydrogens (primary N) is 1. The lowest BCUT2D eigenvalue weighted by Gasteiger charge is -2.44. The molecule has 152 valence electrons. The van der Waals surface area contributed by atoms with Gasteiger partial charge >= 0.3 is 12.0 Å². The maximum Gasteiger partial charge on any atom is 0.330 e. The van der Waals surface area contributed by atoms with E-state index >= 15 is 0 Å². The number of aromatic nitrogens is 1. The predicted molar refractivity (Wildman–Crippen MR) is 106 cm³/mol. The van der Waals surface area contributed by atoms with Gasteiger partial charge in [-0.3, -0.25) is 4.79 Å². The zero-order chi connectivity index (χ0) is 21.0. The summed E-state index contributed by atoms with van der Waals surface area (Å²) >= 11 is 0. The number of nitrogens with zero attached hydrogens (tertiary/aromatic N) is 2. The van der Waals surface area contributed by atoms with E-state index in [-0.39, 0.29) is 19.1 Å². The van der Waals surface area contributed by atoms with Gasteiger partial charge in [-0.2, -0.15) is 0 Å². The minimum atomic E-state index is -0.972. The average Bonchev–Trinajstić information content (AvgIpc) is 2.70. The fourth-order valence-corrected chi connectivity index (χ4v) is 3.43. The first kappa shape index (κ1) is 20.3. The van der Waals surface area contributed by atoms with Gasteiger partial charge in [-0.1, -0.05) is 30.3 Å². The van der Waals surface area contributed by atoms with Gasteiger partial charge in [0.05, 0.1) is 18.6 Å². The predicted octanol–water partition coefficient (Wildman–Crippen LogP) is 2.07. The molecule has 1 saturated heterocycles. The van der Waals surface area contributed by atoms with Crippen molar-refractivity contribution in [3.05, 3.63) is 59.8 Å². The number of hydrogen-bond donors (Lipinski definition) is 2. The summed E-state index contributed by atoms with van der Waals surface area (Å²) in [5.74, 6) is -1.38. The third kappa shape index (κ3) is 4.37. The molecule has 8 heteroatoms. The number of amides is 3. The van der Waals surface area contributed by atoms with E-state index in [2.05, 4.69) is 10.3 Å². The molecule has 3 rings (SSSR count). The molecule has 1 aliphatic heterocycles. The van der Waals surface area contributed by atoms with E-state index in [0.717, 1.165) is 16.0 Å². The van der Waals surface area contributed by atoms with Crippen LogP contribution in [0.5, 0.6) is 0 Å². The van der Waals surface area contributed by atoms with Crippen LogP contribution in [0.3, 0.4) is 0 Å². The molecule has 0 radical (unpaired) electrons. The zero-order valence-corrected chi connectivity index (χ0v) is 16.4. The topological polar surface area (TPSA) is 115 Å². The molecule has 1 aliphatic rings. The van der Waals surface area contributed by atoms with Gasteiger partial charge in [-0.25, -0.2) is 19.5 Å². The second-order valence-corrected chi connectivity index (χ2v) is 6.89. The summed E-state index contributed by atoms with van der Waals surface area (Å²) in [6.07, 6.45) is 1.81. The SMILES string of the molecule is CCOC(=O)[C@@H]1[C@@H](Cc2ccnc(N)c2)C(=O)N1C(=O)N[C@H](C)c1ccccc1. The number of anilines is 1. The van der Waals surface area contributed by atoms with Crippen molar-refractivity contribution >= 4 is 23.7 Å². The third-order valence-electron chi connectivity index (χ3n) is 4.90. The fourth-order valence-electron chi connectivity index (χ4n) is 3.43. The molecular weight excluding hydrogens is 372 g/mol. The number of esters is 1. The van der Waals surface area contributed by atoms with Crippen LogP contribution >= 0.6 is 0 Å². The molecule has 0 unspecified atom stereocenters. The molecule has 29 heavy (non-hydrogen) atoms. The minimum Gasteiger partial charge on any atom is -0.464 e. The molecule has 1 fully saturated rings. The number of nitrogen functional groups attached to an aromatic ring is 1. The second-order valence-electron chi connectivity index (χ2n) is 6.89. The zero-order valence-electron chi connectivity index (χ0n) is 16.4. The molecule has 3 amide bonds. The maximum absolute atomic E-state index is 12.7. The van der Waals surface area contributed by atoms with Crippen molar-refractivity contribution in [3.8, 4) is 0 Å². The molecular formula is C21H24N4O4. The number of benzene rings is 1. The number of pyridine rings is 1. The molecule has 0 spiro atoms. The highest BCUT2D eigenvalue weighted by molar-refractivity contribution is 6.08. The van der Waals surface area contributed by atoms with Gasteiger partial charge in [-0.15, -0.1) is 0 Å².